The first-order valence-electron chi connectivity index (χ1n) is 5.77. The van der Waals surface area contributed by atoms with Crippen LogP contribution in [0.25, 0.3) is 0 Å². The molecule has 0 aliphatic rings. The Kier molecular flexibility index (Phi) is 10.2. The molecule has 1 atom stereocenters. The fourth-order valence-corrected chi connectivity index (χ4v) is 2.02. The average molecular weight is 345 g/mol. The lowest BCUT2D eigenvalue weighted by atomic mass is 10.1. The molecule has 0 radical (unpaired) electrons. The van der Waals surface area contributed by atoms with Gasteiger partial charge in [0.2, 0.25) is 10.0 Å². The van der Waals surface area contributed by atoms with E-state index in [-0.39, 0.29) is 24.8 Å². The lowest BCUT2D eigenvalue weighted by molar-refractivity contribution is 0.171. The lowest BCUT2D eigenvalue weighted by Crippen LogP contribution is -2.27. The second kappa shape index (κ2) is 9.41. The quantitative estimate of drug-likeness (QED) is 0.736. The SMILES string of the molecule is CC(C)NC[C@@H](O)c1ccc(NS(C)(=O)=O)cc1.Cl.Cl. The molecule has 0 aromatic heterocycles. The third-order valence-corrected chi connectivity index (χ3v) is 2.92. The minimum absolute atomic E-state index is 0. The first-order chi connectivity index (χ1) is 8.28. The minimum atomic E-state index is -3.26. The van der Waals surface area contributed by atoms with Crippen molar-refractivity contribution in [1.29, 1.82) is 0 Å². The molecule has 3 N–H and O–H groups in total. The highest BCUT2D eigenvalue weighted by Gasteiger charge is 2.08. The summed E-state index contributed by atoms with van der Waals surface area (Å²) in [7, 11) is -3.26. The van der Waals surface area contributed by atoms with Gasteiger partial charge in [0.1, 0.15) is 0 Å². The third kappa shape index (κ3) is 8.60. The number of hydrogen-bond donors (Lipinski definition) is 3. The van der Waals surface area contributed by atoms with E-state index in [0.29, 0.717) is 18.3 Å². The van der Waals surface area contributed by atoms with Crippen LogP contribution in [0, 0.1) is 0 Å². The van der Waals surface area contributed by atoms with Crippen molar-refractivity contribution >= 4 is 40.5 Å². The molecule has 5 nitrogen and oxygen atoms in total. The standard InChI is InChI=1S/C12H20N2O3S.2ClH/c1-9(2)13-8-12(15)10-4-6-11(7-5-10)14-18(3,16)17;;/h4-7,9,12-15H,8H2,1-3H3;2*1H/t12-;;/m1../s1. The number of halogens is 2. The van der Waals surface area contributed by atoms with E-state index in [0.717, 1.165) is 11.8 Å². The van der Waals surface area contributed by atoms with Crippen LogP contribution in [-0.2, 0) is 10.0 Å². The molecule has 0 aliphatic carbocycles. The number of benzene rings is 1. The molecule has 0 unspecified atom stereocenters. The molecule has 0 saturated carbocycles. The largest absolute Gasteiger partial charge is 0.387 e. The Morgan fingerprint density at radius 2 is 1.65 bits per heavy atom. The number of aliphatic hydroxyl groups is 1. The first-order valence-corrected chi connectivity index (χ1v) is 7.66. The molecule has 0 saturated heterocycles. The van der Waals surface area contributed by atoms with Gasteiger partial charge in [-0.1, -0.05) is 26.0 Å². The van der Waals surface area contributed by atoms with Gasteiger partial charge >= 0.3 is 0 Å². The molecule has 1 aromatic carbocycles. The Labute approximate surface area is 133 Å². The predicted molar refractivity (Wildman–Crippen MR) is 87.5 cm³/mol. The number of nitrogens with one attached hydrogen (secondary N) is 2. The summed E-state index contributed by atoms with van der Waals surface area (Å²) in [6.07, 6.45) is 0.502. The molecule has 0 spiro atoms. The van der Waals surface area contributed by atoms with E-state index < -0.39 is 16.1 Å². The van der Waals surface area contributed by atoms with Crippen LogP contribution in [0.15, 0.2) is 24.3 Å². The van der Waals surface area contributed by atoms with E-state index in [1.54, 1.807) is 24.3 Å². The number of rotatable bonds is 6. The molecule has 0 amide bonds. The zero-order valence-electron chi connectivity index (χ0n) is 11.7. The fraction of sp³-hybridized carbons (Fsp3) is 0.500. The molecule has 1 aromatic rings. The summed E-state index contributed by atoms with van der Waals surface area (Å²) in [5, 5.41) is 13.0. The Balaban J connectivity index is 0. The van der Waals surface area contributed by atoms with E-state index in [4.69, 9.17) is 0 Å². The van der Waals surface area contributed by atoms with E-state index in [9.17, 15) is 13.5 Å². The van der Waals surface area contributed by atoms with Gasteiger partial charge in [-0.25, -0.2) is 8.42 Å². The Hall–Kier alpha value is -0.530. The molecule has 0 aliphatic heterocycles. The predicted octanol–water partition coefficient (Wildman–Crippen LogP) is 1.93. The highest BCUT2D eigenvalue weighted by atomic mass is 35.5. The maximum atomic E-state index is 11.0. The van der Waals surface area contributed by atoms with Crippen molar-refractivity contribution < 1.29 is 13.5 Å². The van der Waals surface area contributed by atoms with Crippen LogP contribution < -0.4 is 10.0 Å². The number of anilines is 1. The van der Waals surface area contributed by atoms with Gasteiger partial charge in [0.15, 0.2) is 0 Å². The molecule has 0 heterocycles. The summed E-state index contributed by atoms with van der Waals surface area (Å²) in [5.74, 6) is 0. The topological polar surface area (TPSA) is 78.4 Å². The molecule has 1 rings (SSSR count). The van der Waals surface area contributed by atoms with Crippen LogP contribution in [0.4, 0.5) is 5.69 Å². The summed E-state index contributed by atoms with van der Waals surface area (Å²) < 4.78 is 24.4. The summed E-state index contributed by atoms with van der Waals surface area (Å²) in [6.45, 7) is 4.48. The molecule has 0 fully saturated rings. The molecule has 20 heavy (non-hydrogen) atoms. The Bertz CT molecular complexity index is 478. The lowest BCUT2D eigenvalue weighted by Gasteiger charge is -2.14. The number of hydrogen-bond acceptors (Lipinski definition) is 4. The molecule has 8 heteroatoms. The summed E-state index contributed by atoms with van der Waals surface area (Å²) in [6, 6.07) is 7.00. The van der Waals surface area contributed by atoms with Crippen LogP contribution in [0.2, 0.25) is 0 Å². The van der Waals surface area contributed by atoms with Gasteiger partial charge in [-0.3, -0.25) is 4.72 Å². The van der Waals surface area contributed by atoms with Crippen molar-refractivity contribution in [1.82, 2.24) is 5.32 Å². The van der Waals surface area contributed by atoms with Crippen LogP contribution in [0.5, 0.6) is 0 Å². The van der Waals surface area contributed by atoms with Crippen LogP contribution in [0.3, 0.4) is 0 Å². The van der Waals surface area contributed by atoms with Crippen molar-refractivity contribution in [2.75, 3.05) is 17.5 Å². The Morgan fingerprint density at radius 3 is 2.05 bits per heavy atom. The van der Waals surface area contributed by atoms with Crippen molar-refractivity contribution in [3.05, 3.63) is 29.8 Å². The van der Waals surface area contributed by atoms with Gasteiger partial charge in [-0.2, -0.15) is 0 Å². The van der Waals surface area contributed by atoms with Gasteiger partial charge in [0.05, 0.1) is 12.4 Å². The van der Waals surface area contributed by atoms with Crippen molar-refractivity contribution in [3.8, 4) is 0 Å². The molecule has 0 bridgehead atoms. The van der Waals surface area contributed by atoms with Gasteiger partial charge < -0.3 is 10.4 Å². The normalized spacial score (nSPS) is 12.2. The van der Waals surface area contributed by atoms with Crippen molar-refractivity contribution in [3.63, 3.8) is 0 Å². The first kappa shape index (κ1) is 21.8. The summed E-state index contributed by atoms with van der Waals surface area (Å²) >= 11 is 0. The third-order valence-electron chi connectivity index (χ3n) is 2.32. The van der Waals surface area contributed by atoms with Gasteiger partial charge in [-0.15, -0.1) is 24.8 Å². The second-order valence-corrected chi connectivity index (χ2v) is 6.32. The van der Waals surface area contributed by atoms with Crippen molar-refractivity contribution in [2.45, 2.75) is 26.0 Å². The molecule has 118 valence electrons. The molecular weight excluding hydrogens is 323 g/mol. The second-order valence-electron chi connectivity index (χ2n) is 4.57. The van der Waals surface area contributed by atoms with Crippen LogP contribution in [-0.4, -0.2) is 32.4 Å². The summed E-state index contributed by atoms with van der Waals surface area (Å²) in [5.41, 5.74) is 1.24. The van der Waals surface area contributed by atoms with E-state index in [1.807, 2.05) is 13.8 Å². The van der Waals surface area contributed by atoms with Crippen molar-refractivity contribution in [2.24, 2.45) is 0 Å². The van der Waals surface area contributed by atoms with E-state index >= 15 is 0 Å². The average Bonchev–Trinajstić information content (AvgIpc) is 2.24. The number of aliphatic hydroxyl groups excluding tert-OH is 1. The maximum absolute atomic E-state index is 11.0. The maximum Gasteiger partial charge on any atom is 0.229 e. The smallest absolute Gasteiger partial charge is 0.229 e. The van der Waals surface area contributed by atoms with Gasteiger partial charge in [0.25, 0.3) is 0 Å². The monoisotopic (exact) mass is 344 g/mol. The van der Waals surface area contributed by atoms with E-state index in [2.05, 4.69) is 10.0 Å². The minimum Gasteiger partial charge on any atom is -0.387 e. The highest BCUT2D eigenvalue weighted by Crippen LogP contribution is 2.16. The zero-order valence-corrected chi connectivity index (χ0v) is 14.1. The van der Waals surface area contributed by atoms with E-state index in [1.165, 1.54) is 0 Å². The number of sulfonamides is 1. The fourth-order valence-electron chi connectivity index (χ4n) is 1.45. The van der Waals surface area contributed by atoms with Crippen LogP contribution in [0.1, 0.15) is 25.5 Å². The van der Waals surface area contributed by atoms with Gasteiger partial charge in [0, 0.05) is 18.3 Å². The van der Waals surface area contributed by atoms with Gasteiger partial charge in [-0.05, 0) is 17.7 Å². The van der Waals surface area contributed by atoms with Crippen LogP contribution >= 0.6 is 24.8 Å². The highest BCUT2D eigenvalue weighted by molar-refractivity contribution is 7.92. The summed E-state index contributed by atoms with van der Waals surface area (Å²) in [4.78, 5) is 0. The Morgan fingerprint density at radius 1 is 1.15 bits per heavy atom. The zero-order chi connectivity index (χ0) is 13.8. The molecular formula is C12H22Cl2N2O3S.